The van der Waals surface area contributed by atoms with Crippen LogP contribution >= 0.6 is 23.2 Å². The first-order chi connectivity index (χ1) is 8.20. The van der Waals surface area contributed by atoms with Crippen LogP contribution in [-0.4, -0.2) is 4.98 Å². The van der Waals surface area contributed by atoms with E-state index in [0.717, 1.165) is 11.1 Å². The molecule has 2 aromatic rings. The van der Waals surface area contributed by atoms with Crippen molar-refractivity contribution in [2.45, 2.75) is 6.04 Å². The Morgan fingerprint density at radius 2 is 1.65 bits per heavy atom. The van der Waals surface area contributed by atoms with Crippen LogP contribution in [0.25, 0.3) is 0 Å². The lowest BCUT2D eigenvalue weighted by molar-refractivity contribution is 0.635. The predicted molar refractivity (Wildman–Crippen MR) is 69.9 cm³/mol. The molecular formula is C12H11Cl2N3. The summed E-state index contributed by atoms with van der Waals surface area (Å²) >= 11 is 11.6. The number of pyridine rings is 1. The van der Waals surface area contributed by atoms with E-state index in [1.54, 1.807) is 12.3 Å². The van der Waals surface area contributed by atoms with Crippen LogP contribution in [0.3, 0.4) is 0 Å². The zero-order valence-electron chi connectivity index (χ0n) is 8.90. The Morgan fingerprint density at radius 1 is 1.00 bits per heavy atom. The van der Waals surface area contributed by atoms with E-state index in [9.17, 15) is 0 Å². The van der Waals surface area contributed by atoms with E-state index in [0.29, 0.717) is 10.2 Å². The molecule has 0 aliphatic carbocycles. The van der Waals surface area contributed by atoms with Gasteiger partial charge >= 0.3 is 0 Å². The molecule has 0 amide bonds. The van der Waals surface area contributed by atoms with Crippen molar-refractivity contribution in [1.82, 2.24) is 10.4 Å². The quantitative estimate of drug-likeness (QED) is 0.511. The molecule has 3 nitrogen and oxygen atoms in total. The number of nitrogens with two attached hydrogens (primary N) is 1. The third-order valence-electron chi connectivity index (χ3n) is 2.45. The molecule has 0 aliphatic heterocycles. The lowest BCUT2D eigenvalue weighted by Crippen LogP contribution is -2.28. The van der Waals surface area contributed by atoms with Crippen molar-refractivity contribution in [1.29, 1.82) is 0 Å². The highest BCUT2D eigenvalue weighted by Crippen LogP contribution is 2.22. The lowest BCUT2D eigenvalue weighted by Gasteiger charge is -2.16. The molecule has 1 heterocycles. The fourth-order valence-corrected chi connectivity index (χ4v) is 1.84. The molecule has 3 N–H and O–H groups in total. The van der Waals surface area contributed by atoms with Crippen LogP contribution in [0.15, 0.2) is 42.6 Å². The number of nitrogens with zero attached hydrogens (tertiary/aromatic N) is 1. The van der Waals surface area contributed by atoms with E-state index in [4.69, 9.17) is 29.0 Å². The summed E-state index contributed by atoms with van der Waals surface area (Å²) in [6.07, 6.45) is 1.70. The van der Waals surface area contributed by atoms with Gasteiger partial charge in [-0.25, -0.2) is 10.4 Å². The maximum absolute atomic E-state index is 5.84. The SMILES string of the molecule is NNC(c1ccc(Cl)cc1)c1ccc(Cl)nc1. The summed E-state index contributed by atoms with van der Waals surface area (Å²) in [5, 5.41) is 1.15. The molecule has 0 saturated carbocycles. The first-order valence-corrected chi connectivity index (χ1v) is 5.79. The molecule has 17 heavy (non-hydrogen) atoms. The molecule has 0 spiro atoms. The Kier molecular flexibility index (Phi) is 3.97. The van der Waals surface area contributed by atoms with Crippen molar-refractivity contribution < 1.29 is 0 Å². The Morgan fingerprint density at radius 3 is 2.18 bits per heavy atom. The van der Waals surface area contributed by atoms with Gasteiger partial charge in [0.2, 0.25) is 0 Å². The zero-order chi connectivity index (χ0) is 12.3. The summed E-state index contributed by atoms with van der Waals surface area (Å²) in [7, 11) is 0. The van der Waals surface area contributed by atoms with Gasteiger partial charge in [0.15, 0.2) is 0 Å². The Hall–Kier alpha value is -1.13. The van der Waals surface area contributed by atoms with Crippen molar-refractivity contribution in [3.63, 3.8) is 0 Å². The number of hydrogen-bond acceptors (Lipinski definition) is 3. The summed E-state index contributed by atoms with van der Waals surface area (Å²) in [6, 6.07) is 11.0. The predicted octanol–water partition coefficient (Wildman–Crippen LogP) is 2.94. The topological polar surface area (TPSA) is 50.9 Å². The first kappa shape index (κ1) is 12.3. The number of hydrazine groups is 1. The molecule has 2 rings (SSSR count). The molecule has 1 aromatic carbocycles. The minimum atomic E-state index is -0.128. The second-order valence-electron chi connectivity index (χ2n) is 3.57. The number of rotatable bonds is 3. The number of nitrogens with one attached hydrogen (secondary N) is 1. The van der Waals surface area contributed by atoms with Crippen LogP contribution in [0.5, 0.6) is 0 Å². The minimum Gasteiger partial charge on any atom is -0.271 e. The minimum absolute atomic E-state index is 0.128. The normalized spacial score (nSPS) is 12.4. The van der Waals surface area contributed by atoms with Gasteiger partial charge in [0.05, 0.1) is 6.04 Å². The molecule has 0 saturated heterocycles. The van der Waals surface area contributed by atoms with E-state index >= 15 is 0 Å². The summed E-state index contributed by atoms with van der Waals surface area (Å²) in [5.74, 6) is 5.57. The van der Waals surface area contributed by atoms with Crippen LogP contribution in [0.4, 0.5) is 0 Å². The third-order valence-corrected chi connectivity index (χ3v) is 2.93. The van der Waals surface area contributed by atoms with Gasteiger partial charge in [0.25, 0.3) is 0 Å². The molecule has 0 fully saturated rings. The van der Waals surface area contributed by atoms with Gasteiger partial charge in [-0.15, -0.1) is 0 Å². The van der Waals surface area contributed by atoms with E-state index in [2.05, 4.69) is 10.4 Å². The average molecular weight is 268 g/mol. The molecule has 5 heteroatoms. The molecule has 1 atom stereocenters. The number of hydrogen-bond donors (Lipinski definition) is 2. The standard InChI is InChI=1S/C12H11Cl2N3/c13-10-4-1-8(2-5-10)12(17-15)9-3-6-11(14)16-7-9/h1-7,12,17H,15H2. The fraction of sp³-hybridized carbons (Fsp3) is 0.0833. The van der Waals surface area contributed by atoms with Crippen LogP contribution in [-0.2, 0) is 0 Å². The molecule has 0 bridgehead atoms. The molecule has 1 unspecified atom stereocenters. The molecule has 88 valence electrons. The van der Waals surface area contributed by atoms with Crippen molar-refractivity contribution in [2.24, 2.45) is 5.84 Å². The van der Waals surface area contributed by atoms with Crippen molar-refractivity contribution in [3.05, 3.63) is 63.9 Å². The lowest BCUT2D eigenvalue weighted by atomic mass is 10.0. The van der Waals surface area contributed by atoms with Crippen molar-refractivity contribution in [3.8, 4) is 0 Å². The number of halogens is 2. The van der Waals surface area contributed by atoms with E-state index in [1.165, 1.54) is 0 Å². The second-order valence-corrected chi connectivity index (χ2v) is 4.39. The molecule has 0 radical (unpaired) electrons. The Balaban J connectivity index is 2.33. The van der Waals surface area contributed by atoms with E-state index in [-0.39, 0.29) is 6.04 Å². The highest BCUT2D eigenvalue weighted by molar-refractivity contribution is 6.30. The van der Waals surface area contributed by atoms with E-state index in [1.807, 2.05) is 30.3 Å². The first-order valence-electron chi connectivity index (χ1n) is 5.04. The van der Waals surface area contributed by atoms with Crippen LogP contribution in [0.2, 0.25) is 10.2 Å². The van der Waals surface area contributed by atoms with Gasteiger partial charge in [0, 0.05) is 11.2 Å². The van der Waals surface area contributed by atoms with E-state index < -0.39 is 0 Å². The van der Waals surface area contributed by atoms with Crippen molar-refractivity contribution >= 4 is 23.2 Å². The van der Waals surface area contributed by atoms with Gasteiger partial charge < -0.3 is 0 Å². The maximum Gasteiger partial charge on any atom is 0.129 e. The zero-order valence-corrected chi connectivity index (χ0v) is 10.4. The van der Waals surface area contributed by atoms with Crippen LogP contribution in [0, 0.1) is 0 Å². The van der Waals surface area contributed by atoms with Gasteiger partial charge in [-0.1, -0.05) is 41.4 Å². The number of benzene rings is 1. The highest BCUT2D eigenvalue weighted by Gasteiger charge is 2.12. The summed E-state index contributed by atoms with van der Waals surface area (Å²) in [5.41, 5.74) is 4.71. The van der Waals surface area contributed by atoms with Crippen molar-refractivity contribution in [2.75, 3.05) is 0 Å². The van der Waals surface area contributed by atoms with Gasteiger partial charge in [-0.3, -0.25) is 5.84 Å². The molecular weight excluding hydrogens is 257 g/mol. The molecule has 1 aromatic heterocycles. The monoisotopic (exact) mass is 267 g/mol. The van der Waals surface area contributed by atoms with Gasteiger partial charge in [-0.2, -0.15) is 0 Å². The van der Waals surface area contributed by atoms with Crippen LogP contribution in [0.1, 0.15) is 17.2 Å². The summed E-state index contributed by atoms with van der Waals surface area (Å²) in [6.45, 7) is 0. The maximum atomic E-state index is 5.84. The summed E-state index contributed by atoms with van der Waals surface area (Å²) in [4.78, 5) is 4.03. The smallest absolute Gasteiger partial charge is 0.129 e. The second kappa shape index (κ2) is 5.47. The molecule has 0 aliphatic rings. The Bertz CT molecular complexity index is 437. The largest absolute Gasteiger partial charge is 0.271 e. The average Bonchev–Trinajstić information content (AvgIpc) is 2.35. The fourth-order valence-electron chi connectivity index (χ4n) is 1.60. The van der Waals surface area contributed by atoms with Gasteiger partial charge in [-0.05, 0) is 29.3 Å². The highest BCUT2D eigenvalue weighted by atomic mass is 35.5. The Labute approximate surface area is 110 Å². The van der Waals surface area contributed by atoms with Crippen LogP contribution < -0.4 is 11.3 Å². The number of aromatic nitrogens is 1. The summed E-state index contributed by atoms with van der Waals surface area (Å²) < 4.78 is 0. The third kappa shape index (κ3) is 2.96. The van der Waals surface area contributed by atoms with Gasteiger partial charge in [0.1, 0.15) is 5.15 Å².